The Morgan fingerprint density at radius 3 is 2.83 bits per heavy atom. The summed E-state index contributed by atoms with van der Waals surface area (Å²) in [5.74, 6) is -1.87. The number of fused-ring (bicyclic) bond motifs is 1. The van der Waals surface area contributed by atoms with Crippen LogP contribution < -0.4 is 0 Å². The summed E-state index contributed by atoms with van der Waals surface area (Å²) in [5, 5.41) is 17.2. The van der Waals surface area contributed by atoms with Gasteiger partial charge in [0.05, 0.1) is 0 Å². The van der Waals surface area contributed by atoms with Crippen molar-refractivity contribution in [3.8, 4) is 11.4 Å². The Morgan fingerprint density at radius 1 is 1.28 bits per heavy atom. The molecule has 1 aliphatic rings. The summed E-state index contributed by atoms with van der Waals surface area (Å²) in [7, 11) is 0. The number of cyclic esters (lactones) is 2. The lowest BCUT2D eigenvalue weighted by molar-refractivity contribution is 0.0434. The second kappa shape index (κ2) is 3.54. The van der Waals surface area contributed by atoms with Crippen LogP contribution in [0.3, 0.4) is 0 Å². The van der Waals surface area contributed by atoms with E-state index in [-0.39, 0.29) is 22.8 Å². The lowest BCUT2D eigenvalue weighted by Gasteiger charge is -2.05. The number of halogens is 1. The molecule has 7 nitrogen and oxygen atoms in total. The summed E-state index contributed by atoms with van der Waals surface area (Å²) >= 11 is 5.79. The third-order valence-corrected chi connectivity index (χ3v) is 2.64. The Balaban J connectivity index is 2.26. The summed E-state index contributed by atoms with van der Waals surface area (Å²) in [6.45, 7) is 0. The van der Waals surface area contributed by atoms with Gasteiger partial charge < -0.3 is 9.84 Å². The van der Waals surface area contributed by atoms with Gasteiger partial charge in [0.2, 0.25) is 5.69 Å². The highest BCUT2D eigenvalue weighted by molar-refractivity contribution is 6.30. The highest BCUT2D eigenvalue weighted by atomic mass is 35.5. The number of aromatic nitrogens is 3. The number of phenolic OH excluding ortho intramolecular Hbond substituents is 1. The normalized spacial score (nSPS) is 13.6. The first kappa shape index (κ1) is 10.7. The van der Waals surface area contributed by atoms with Crippen LogP contribution in [0.1, 0.15) is 21.0 Å². The first-order valence-corrected chi connectivity index (χ1v) is 5.17. The number of aromatic hydroxyl groups is 1. The molecule has 1 aliphatic heterocycles. The molecule has 1 aromatic carbocycles. The number of hydrogen-bond donors (Lipinski definition) is 1. The van der Waals surface area contributed by atoms with E-state index in [0.717, 1.165) is 4.68 Å². The highest BCUT2D eigenvalue weighted by Crippen LogP contribution is 2.28. The second-order valence-corrected chi connectivity index (χ2v) is 3.94. The molecule has 3 rings (SSSR count). The monoisotopic (exact) mass is 265 g/mol. The van der Waals surface area contributed by atoms with Crippen LogP contribution in [0, 0.1) is 0 Å². The Kier molecular flexibility index (Phi) is 2.11. The minimum Gasteiger partial charge on any atom is -0.506 e. The predicted octanol–water partition coefficient (Wildman–Crippen LogP) is 0.937. The number of rotatable bonds is 1. The van der Waals surface area contributed by atoms with Gasteiger partial charge in [0.15, 0.2) is 5.69 Å². The van der Waals surface area contributed by atoms with Gasteiger partial charge in [-0.25, -0.2) is 14.3 Å². The Hall–Kier alpha value is -2.41. The van der Waals surface area contributed by atoms with Crippen molar-refractivity contribution in [1.82, 2.24) is 15.0 Å². The molecule has 0 radical (unpaired) electrons. The van der Waals surface area contributed by atoms with Crippen LogP contribution in [-0.4, -0.2) is 32.0 Å². The molecular weight excluding hydrogens is 262 g/mol. The maximum Gasteiger partial charge on any atom is 0.369 e. The molecule has 0 aliphatic carbocycles. The van der Waals surface area contributed by atoms with Crippen molar-refractivity contribution in [1.29, 1.82) is 0 Å². The number of benzene rings is 1. The van der Waals surface area contributed by atoms with Crippen molar-refractivity contribution in [2.24, 2.45) is 0 Å². The third kappa shape index (κ3) is 1.37. The van der Waals surface area contributed by atoms with Gasteiger partial charge in [-0.1, -0.05) is 16.8 Å². The van der Waals surface area contributed by atoms with Crippen LogP contribution in [0.25, 0.3) is 5.69 Å². The fraction of sp³-hybridized carbons (Fsp3) is 0. The highest BCUT2D eigenvalue weighted by Gasteiger charge is 2.37. The van der Waals surface area contributed by atoms with E-state index in [2.05, 4.69) is 15.0 Å². The number of carbonyl (C=O) groups excluding carboxylic acids is 2. The predicted molar refractivity (Wildman–Crippen MR) is 57.8 cm³/mol. The first-order chi connectivity index (χ1) is 8.58. The standard InChI is InChI=1S/C10H4ClN3O4/c11-4-1-2-6(15)5(3-4)14-8-7(12-13-14)9(16)18-10(8)17/h1-3,15H. The van der Waals surface area contributed by atoms with Crippen LogP contribution in [0.4, 0.5) is 0 Å². The van der Waals surface area contributed by atoms with Crippen molar-refractivity contribution in [3.05, 3.63) is 34.6 Å². The van der Waals surface area contributed by atoms with E-state index in [1.54, 1.807) is 0 Å². The molecule has 0 fully saturated rings. The number of ether oxygens (including phenoxy) is 1. The average Bonchev–Trinajstić information content (AvgIpc) is 2.86. The van der Waals surface area contributed by atoms with E-state index in [0.29, 0.717) is 5.02 Å². The fourth-order valence-corrected chi connectivity index (χ4v) is 1.78. The quantitative estimate of drug-likeness (QED) is 0.609. The molecule has 2 aromatic rings. The molecule has 0 amide bonds. The van der Waals surface area contributed by atoms with Crippen molar-refractivity contribution >= 4 is 23.5 Å². The zero-order valence-corrected chi connectivity index (χ0v) is 9.38. The zero-order chi connectivity index (χ0) is 12.9. The minimum absolute atomic E-state index is 0.127. The van der Waals surface area contributed by atoms with E-state index in [1.807, 2.05) is 0 Å². The topological polar surface area (TPSA) is 94.3 Å². The van der Waals surface area contributed by atoms with Gasteiger partial charge in [-0.3, -0.25) is 0 Å². The van der Waals surface area contributed by atoms with E-state index in [9.17, 15) is 14.7 Å². The van der Waals surface area contributed by atoms with Crippen molar-refractivity contribution in [2.45, 2.75) is 0 Å². The third-order valence-electron chi connectivity index (χ3n) is 2.41. The van der Waals surface area contributed by atoms with Crippen LogP contribution in [0.15, 0.2) is 18.2 Å². The van der Waals surface area contributed by atoms with E-state index in [4.69, 9.17) is 11.6 Å². The van der Waals surface area contributed by atoms with Crippen molar-refractivity contribution < 1.29 is 19.4 Å². The summed E-state index contributed by atoms with van der Waals surface area (Å²) in [6, 6.07) is 4.21. The van der Waals surface area contributed by atoms with Gasteiger partial charge in [-0.2, -0.15) is 0 Å². The second-order valence-electron chi connectivity index (χ2n) is 3.51. The molecule has 1 N–H and O–H groups in total. The van der Waals surface area contributed by atoms with Gasteiger partial charge in [0.1, 0.15) is 11.4 Å². The number of hydrogen-bond acceptors (Lipinski definition) is 6. The number of nitrogens with zero attached hydrogens (tertiary/aromatic N) is 3. The molecule has 0 bridgehead atoms. The molecule has 18 heavy (non-hydrogen) atoms. The maximum absolute atomic E-state index is 11.5. The molecule has 90 valence electrons. The van der Waals surface area contributed by atoms with Crippen LogP contribution in [-0.2, 0) is 4.74 Å². The SMILES string of the molecule is O=C1OC(=O)c2c1nnn2-c1cc(Cl)ccc1O. The summed E-state index contributed by atoms with van der Waals surface area (Å²) in [5.41, 5.74) is -0.167. The van der Waals surface area contributed by atoms with E-state index < -0.39 is 11.9 Å². The summed E-state index contributed by atoms with van der Waals surface area (Å²) in [4.78, 5) is 22.7. The molecule has 0 unspecified atom stereocenters. The van der Waals surface area contributed by atoms with Gasteiger partial charge in [-0.05, 0) is 18.2 Å². The summed E-state index contributed by atoms with van der Waals surface area (Å²) in [6.07, 6.45) is 0. The fourth-order valence-electron chi connectivity index (χ4n) is 1.62. The van der Waals surface area contributed by atoms with Crippen LogP contribution in [0.5, 0.6) is 5.75 Å². The lowest BCUT2D eigenvalue weighted by Crippen LogP contribution is -2.08. The molecule has 0 saturated heterocycles. The molecule has 8 heteroatoms. The van der Waals surface area contributed by atoms with Gasteiger partial charge >= 0.3 is 11.9 Å². The lowest BCUT2D eigenvalue weighted by atomic mass is 10.2. The molecule has 0 saturated carbocycles. The van der Waals surface area contributed by atoms with Crippen molar-refractivity contribution in [2.75, 3.05) is 0 Å². The van der Waals surface area contributed by atoms with Gasteiger partial charge in [-0.15, -0.1) is 5.10 Å². The zero-order valence-electron chi connectivity index (χ0n) is 8.62. The van der Waals surface area contributed by atoms with E-state index in [1.165, 1.54) is 18.2 Å². The smallest absolute Gasteiger partial charge is 0.369 e. The number of phenols is 1. The van der Waals surface area contributed by atoms with Gasteiger partial charge in [0, 0.05) is 5.02 Å². The Morgan fingerprint density at radius 2 is 2.06 bits per heavy atom. The molecule has 0 atom stereocenters. The van der Waals surface area contributed by atoms with Crippen LogP contribution in [0.2, 0.25) is 5.02 Å². The van der Waals surface area contributed by atoms with Crippen molar-refractivity contribution in [3.63, 3.8) is 0 Å². The Labute approximate surface area is 105 Å². The molecule has 0 spiro atoms. The average molecular weight is 266 g/mol. The largest absolute Gasteiger partial charge is 0.506 e. The number of carbonyl (C=O) groups is 2. The van der Waals surface area contributed by atoms with Crippen LogP contribution >= 0.6 is 11.6 Å². The number of esters is 2. The first-order valence-electron chi connectivity index (χ1n) is 4.79. The molecular formula is C10H4ClN3O4. The molecule has 2 heterocycles. The van der Waals surface area contributed by atoms with E-state index >= 15 is 0 Å². The van der Waals surface area contributed by atoms with Gasteiger partial charge in [0.25, 0.3) is 0 Å². The minimum atomic E-state index is -0.862. The Bertz CT molecular complexity index is 694. The summed E-state index contributed by atoms with van der Waals surface area (Å²) < 4.78 is 5.41. The molecule has 1 aromatic heterocycles. The maximum atomic E-state index is 11.5.